The van der Waals surface area contributed by atoms with E-state index < -0.39 is 11.5 Å². The number of rotatable bonds is 4. The van der Waals surface area contributed by atoms with E-state index in [1.54, 1.807) is 0 Å². The van der Waals surface area contributed by atoms with Crippen LogP contribution < -0.4 is 5.32 Å². The minimum Gasteiger partial charge on any atom is -0.481 e. The summed E-state index contributed by atoms with van der Waals surface area (Å²) >= 11 is 0. The number of carboxylic acids is 1. The van der Waals surface area contributed by atoms with Gasteiger partial charge < -0.3 is 15.3 Å². The van der Waals surface area contributed by atoms with Crippen molar-refractivity contribution in [2.45, 2.75) is 63.5 Å². The predicted molar refractivity (Wildman–Crippen MR) is 67.4 cm³/mol. The van der Waals surface area contributed by atoms with E-state index in [0.717, 1.165) is 45.1 Å². The van der Waals surface area contributed by atoms with E-state index in [9.17, 15) is 9.59 Å². The minimum atomic E-state index is -0.830. The highest BCUT2D eigenvalue weighted by atomic mass is 16.4. The van der Waals surface area contributed by atoms with Crippen LogP contribution >= 0.6 is 0 Å². The number of nitrogens with zero attached hydrogens (tertiary/aromatic N) is 1. The summed E-state index contributed by atoms with van der Waals surface area (Å²) in [6.07, 6.45) is 5.71. The number of carboxylic acid groups (broad SMARTS) is 1. The Kier molecular flexibility index (Phi) is 3.78. The van der Waals surface area contributed by atoms with E-state index in [4.69, 9.17) is 5.11 Å². The molecule has 0 radical (unpaired) electrons. The Morgan fingerprint density at radius 2 is 2.11 bits per heavy atom. The highest BCUT2D eigenvalue weighted by Gasteiger charge is 2.42. The molecule has 1 aliphatic heterocycles. The Balaban J connectivity index is 1.95. The van der Waals surface area contributed by atoms with Gasteiger partial charge in [-0.1, -0.05) is 6.92 Å². The first kappa shape index (κ1) is 13.2. The highest BCUT2D eigenvalue weighted by molar-refractivity contribution is 5.77. The zero-order valence-electron chi connectivity index (χ0n) is 10.9. The van der Waals surface area contributed by atoms with Gasteiger partial charge in [0.15, 0.2) is 0 Å². The molecule has 1 aliphatic carbocycles. The summed E-state index contributed by atoms with van der Waals surface area (Å²) in [6, 6.07) is 0.257. The molecule has 2 fully saturated rings. The van der Waals surface area contributed by atoms with Crippen molar-refractivity contribution in [1.29, 1.82) is 0 Å². The van der Waals surface area contributed by atoms with E-state index in [2.05, 4.69) is 12.2 Å². The SMILES string of the molecule is CCC1CCCN1C(=O)NC1(CC(=O)O)CCC1. The molecule has 1 saturated heterocycles. The van der Waals surface area contributed by atoms with Crippen molar-refractivity contribution in [2.24, 2.45) is 0 Å². The summed E-state index contributed by atoms with van der Waals surface area (Å²) in [5.74, 6) is -0.830. The monoisotopic (exact) mass is 254 g/mol. The van der Waals surface area contributed by atoms with E-state index in [-0.39, 0.29) is 12.5 Å². The molecule has 2 N–H and O–H groups in total. The third kappa shape index (κ3) is 2.60. The smallest absolute Gasteiger partial charge is 0.318 e. The van der Waals surface area contributed by atoms with Gasteiger partial charge in [-0.05, 0) is 38.5 Å². The van der Waals surface area contributed by atoms with Crippen molar-refractivity contribution in [3.63, 3.8) is 0 Å². The summed E-state index contributed by atoms with van der Waals surface area (Å²) in [6.45, 7) is 2.89. The van der Waals surface area contributed by atoms with Crippen molar-refractivity contribution in [3.05, 3.63) is 0 Å². The van der Waals surface area contributed by atoms with Gasteiger partial charge in [-0.2, -0.15) is 0 Å². The van der Waals surface area contributed by atoms with Crippen LogP contribution in [0.3, 0.4) is 0 Å². The maximum atomic E-state index is 12.2. The quantitative estimate of drug-likeness (QED) is 0.805. The zero-order chi connectivity index (χ0) is 13.2. The third-order valence-electron chi connectivity index (χ3n) is 4.28. The summed E-state index contributed by atoms with van der Waals surface area (Å²) < 4.78 is 0. The maximum Gasteiger partial charge on any atom is 0.318 e. The van der Waals surface area contributed by atoms with E-state index in [1.165, 1.54) is 0 Å². The molecule has 2 rings (SSSR count). The summed E-state index contributed by atoms with van der Waals surface area (Å²) in [5.41, 5.74) is -0.482. The molecule has 1 heterocycles. The molecule has 2 amide bonds. The zero-order valence-corrected chi connectivity index (χ0v) is 10.9. The average Bonchev–Trinajstić information content (AvgIpc) is 2.73. The molecule has 0 spiro atoms. The van der Waals surface area contributed by atoms with Crippen LogP contribution in [-0.2, 0) is 4.79 Å². The Bertz CT molecular complexity index is 339. The first-order valence-electron chi connectivity index (χ1n) is 6.87. The highest BCUT2D eigenvalue weighted by Crippen LogP contribution is 2.35. The molecule has 1 saturated carbocycles. The Labute approximate surface area is 108 Å². The van der Waals surface area contributed by atoms with Crippen LogP contribution in [0.25, 0.3) is 0 Å². The Hall–Kier alpha value is -1.26. The van der Waals surface area contributed by atoms with Crippen molar-refractivity contribution in [2.75, 3.05) is 6.54 Å². The Morgan fingerprint density at radius 1 is 1.39 bits per heavy atom. The fraction of sp³-hybridized carbons (Fsp3) is 0.846. The van der Waals surface area contributed by atoms with E-state index in [1.807, 2.05) is 4.90 Å². The van der Waals surface area contributed by atoms with E-state index >= 15 is 0 Å². The molecule has 0 aromatic carbocycles. The molecule has 5 nitrogen and oxygen atoms in total. The van der Waals surface area contributed by atoms with Gasteiger partial charge in [0.05, 0.1) is 12.0 Å². The van der Waals surface area contributed by atoms with Crippen molar-refractivity contribution in [3.8, 4) is 0 Å². The standard InChI is InChI=1S/C13H22N2O3/c1-2-10-5-3-8-15(10)12(18)14-13(6-4-7-13)9-11(16)17/h10H,2-9H2,1H3,(H,14,18)(H,16,17). The maximum absolute atomic E-state index is 12.2. The number of hydrogen-bond acceptors (Lipinski definition) is 2. The molecule has 0 aromatic heterocycles. The van der Waals surface area contributed by atoms with Crippen molar-refractivity contribution >= 4 is 12.0 Å². The normalized spacial score (nSPS) is 25.6. The first-order chi connectivity index (χ1) is 8.56. The van der Waals surface area contributed by atoms with Gasteiger partial charge >= 0.3 is 12.0 Å². The van der Waals surface area contributed by atoms with Crippen LogP contribution in [0, 0.1) is 0 Å². The molecule has 5 heteroatoms. The van der Waals surface area contributed by atoms with Gasteiger partial charge in [-0.15, -0.1) is 0 Å². The fourth-order valence-corrected chi connectivity index (χ4v) is 3.07. The molecular weight excluding hydrogens is 232 g/mol. The summed E-state index contributed by atoms with van der Waals surface area (Å²) in [7, 11) is 0. The third-order valence-corrected chi connectivity index (χ3v) is 4.28. The van der Waals surface area contributed by atoms with Crippen LogP contribution in [0.15, 0.2) is 0 Å². The second-order valence-electron chi connectivity index (χ2n) is 5.53. The van der Waals surface area contributed by atoms with Crippen LogP contribution in [-0.4, -0.2) is 40.1 Å². The number of aliphatic carboxylic acids is 1. The summed E-state index contributed by atoms with van der Waals surface area (Å²) in [5, 5.41) is 11.9. The number of carbonyl (C=O) groups excluding carboxylic acids is 1. The first-order valence-corrected chi connectivity index (χ1v) is 6.87. The minimum absolute atomic E-state index is 0.0450. The molecule has 18 heavy (non-hydrogen) atoms. The second-order valence-corrected chi connectivity index (χ2v) is 5.53. The van der Waals surface area contributed by atoms with Gasteiger partial charge in [-0.25, -0.2) is 4.79 Å². The molecule has 102 valence electrons. The number of likely N-dealkylation sites (tertiary alicyclic amines) is 1. The molecular formula is C13H22N2O3. The lowest BCUT2D eigenvalue weighted by atomic mass is 9.74. The van der Waals surface area contributed by atoms with E-state index in [0.29, 0.717) is 6.04 Å². The molecule has 0 bridgehead atoms. The lowest BCUT2D eigenvalue weighted by Crippen LogP contribution is -2.58. The Morgan fingerprint density at radius 3 is 2.61 bits per heavy atom. The van der Waals surface area contributed by atoms with Crippen LogP contribution in [0.2, 0.25) is 0 Å². The van der Waals surface area contributed by atoms with Crippen molar-refractivity contribution < 1.29 is 14.7 Å². The average molecular weight is 254 g/mol. The van der Waals surface area contributed by atoms with Crippen LogP contribution in [0.5, 0.6) is 0 Å². The van der Waals surface area contributed by atoms with Crippen LogP contribution in [0.4, 0.5) is 4.79 Å². The second kappa shape index (κ2) is 5.16. The number of hydrogen-bond donors (Lipinski definition) is 2. The molecule has 1 unspecified atom stereocenters. The lowest BCUT2D eigenvalue weighted by molar-refractivity contribution is -0.139. The van der Waals surface area contributed by atoms with Gasteiger partial charge in [-0.3, -0.25) is 4.79 Å². The molecule has 2 aliphatic rings. The fourth-order valence-electron chi connectivity index (χ4n) is 3.07. The predicted octanol–water partition coefficient (Wildman–Crippen LogP) is 1.97. The largest absolute Gasteiger partial charge is 0.481 e. The van der Waals surface area contributed by atoms with Crippen molar-refractivity contribution in [1.82, 2.24) is 10.2 Å². The summed E-state index contributed by atoms with van der Waals surface area (Å²) in [4.78, 5) is 25.0. The topological polar surface area (TPSA) is 69.6 Å². The number of urea groups is 1. The lowest BCUT2D eigenvalue weighted by Gasteiger charge is -2.42. The number of carbonyl (C=O) groups is 2. The molecule has 1 atom stereocenters. The number of amides is 2. The van der Waals surface area contributed by atoms with Gasteiger partial charge in [0, 0.05) is 12.6 Å². The molecule has 0 aromatic rings. The van der Waals surface area contributed by atoms with Gasteiger partial charge in [0.25, 0.3) is 0 Å². The number of nitrogens with one attached hydrogen (secondary N) is 1. The van der Waals surface area contributed by atoms with Gasteiger partial charge in [0.1, 0.15) is 0 Å². The van der Waals surface area contributed by atoms with Gasteiger partial charge in [0.2, 0.25) is 0 Å². The van der Waals surface area contributed by atoms with Crippen LogP contribution in [0.1, 0.15) is 51.9 Å².